The Morgan fingerprint density at radius 3 is 2.58 bits per heavy atom. The highest BCUT2D eigenvalue weighted by atomic mass is 79.9. The first kappa shape index (κ1) is 16.3. The fourth-order valence-corrected chi connectivity index (χ4v) is 1.86. The smallest absolute Gasteiger partial charge is 0.383 e. The maximum atomic E-state index is 12.8. The van der Waals surface area contributed by atoms with E-state index >= 15 is 0 Å². The van der Waals surface area contributed by atoms with Crippen molar-refractivity contribution in [1.29, 1.82) is 0 Å². The molecule has 0 saturated carbocycles. The molecule has 0 fully saturated rings. The molecule has 0 radical (unpaired) electrons. The molecule has 0 aliphatic heterocycles. The van der Waals surface area contributed by atoms with Crippen LogP contribution in [0.15, 0.2) is 22.7 Å². The lowest BCUT2D eigenvalue weighted by molar-refractivity contribution is -0.136. The Morgan fingerprint density at radius 1 is 1.21 bits per heavy atom. The number of anilines is 1. The molecule has 1 aromatic rings. The Hall–Kier alpha value is -0.790. The van der Waals surface area contributed by atoms with Crippen molar-refractivity contribution in [1.82, 2.24) is 5.32 Å². The number of alkyl halides is 3. The van der Waals surface area contributed by atoms with Crippen LogP contribution in [-0.2, 0) is 10.9 Å². The van der Waals surface area contributed by atoms with Gasteiger partial charge in [-0.3, -0.25) is 0 Å². The van der Waals surface area contributed by atoms with E-state index in [1.807, 2.05) is 0 Å². The molecule has 0 aliphatic carbocycles. The summed E-state index contributed by atoms with van der Waals surface area (Å²) < 4.78 is 43.8. The minimum absolute atomic E-state index is 0.0791. The molecule has 3 nitrogen and oxygen atoms in total. The van der Waals surface area contributed by atoms with E-state index in [1.165, 1.54) is 12.1 Å². The monoisotopic (exact) mass is 340 g/mol. The second-order valence-electron chi connectivity index (χ2n) is 3.86. The number of methoxy groups -OCH3 is 1. The van der Waals surface area contributed by atoms with Crippen LogP contribution >= 0.6 is 15.9 Å². The van der Waals surface area contributed by atoms with Gasteiger partial charge in [0, 0.05) is 36.9 Å². The lowest BCUT2D eigenvalue weighted by atomic mass is 10.1. The second kappa shape index (κ2) is 7.72. The van der Waals surface area contributed by atoms with Gasteiger partial charge in [-0.15, -0.1) is 0 Å². The number of nitrogens with one attached hydrogen (secondary N) is 2. The van der Waals surface area contributed by atoms with Gasteiger partial charge in [-0.1, -0.05) is 15.9 Å². The maximum Gasteiger partial charge on any atom is 0.418 e. The standard InChI is InChI=1S/C12H16BrF3N2O/c1-19-7-6-17-4-5-18-11-8-9(13)2-3-10(11)12(14,15)16/h2-3,8,17-18H,4-7H2,1H3. The van der Waals surface area contributed by atoms with Crippen LogP contribution in [0.4, 0.5) is 18.9 Å². The number of ether oxygens (including phenoxy) is 1. The molecule has 0 unspecified atom stereocenters. The van der Waals surface area contributed by atoms with E-state index in [4.69, 9.17) is 4.74 Å². The van der Waals surface area contributed by atoms with Gasteiger partial charge in [0.15, 0.2) is 0 Å². The van der Waals surface area contributed by atoms with E-state index in [0.717, 1.165) is 6.07 Å². The van der Waals surface area contributed by atoms with E-state index in [2.05, 4.69) is 26.6 Å². The van der Waals surface area contributed by atoms with Gasteiger partial charge < -0.3 is 15.4 Å². The average Bonchev–Trinajstić information content (AvgIpc) is 2.32. The summed E-state index contributed by atoms with van der Waals surface area (Å²) in [6, 6.07) is 3.87. The Morgan fingerprint density at radius 2 is 1.95 bits per heavy atom. The van der Waals surface area contributed by atoms with Gasteiger partial charge in [0.25, 0.3) is 0 Å². The summed E-state index contributed by atoms with van der Waals surface area (Å²) in [5, 5.41) is 5.83. The van der Waals surface area contributed by atoms with E-state index in [9.17, 15) is 13.2 Å². The third kappa shape index (κ3) is 5.80. The van der Waals surface area contributed by atoms with Gasteiger partial charge >= 0.3 is 6.18 Å². The first-order valence-electron chi connectivity index (χ1n) is 5.75. The minimum atomic E-state index is -4.35. The summed E-state index contributed by atoms with van der Waals surface area (Å²) in [4.78, 5) is 0. The highest BCUT2D eigenvalue weighted by Gasteiger charge is 2.33. The first-order valence-corrected chi connectivity index (χ1v) is 6.54. The molecule has 0 aromatic heterocycles. The summed E-state index contributed by atoms with van der Waals surface area (Å²) in [5.41, 5.74) is -0.581. The van der Waals surface area contributed by atoms with E-state index in [0.29, 0.717) is 30.7 Å². The number of hydrogen-bond donors (Lipinski definition) is 2. The van der Waals surface area contributed by atoms with Gasteiger partial charge in [-0.25, -0.2) is 0 Å². The Balaban J connectivity index is 2.54. The molecule has 2 N–H and O–H groups in total. The van der Waals surface area contributed by atoms with Crippen LogP contribution in [0.25, 0.3) is 0 Å². The zero-order chi connectivity index (χ0) is 14.3. The molecule has 1 aromatic carbocycles. The SMILES string of the molecule is COCCNCCNc1cc(Br)ccc1C(F)(F)F. The quantitative estimate of drug-likeness (QED) is 0.748. The van der Waals surface area contributed by atoms with E-state index in [-0.39, 0.29) is 5.69 Å². The molecule has 0 spiro atoms. The molecular weight excluding hydrogens is 325 g/mol. The Bertz CT molecular complexity index is 399. The van der Waals surface area contributed by atoms with Crippen LogP contribution < -0.4 is 10.6 Å². The summed E-state index contributed by atoms with van der Waals surface area (Å²) >= 11 is 3.17. The summed E-state index contributed by atoms with van der Waals surface area (Å²) in [6.45, 7) is 2.21. The number of rotatable bonds is 7. The van der Waals surface area contributed by atoms with Crippen molar-refractivity contribution >= 4 is 21.6 Å². The topological polar surface area (TPSA) is 33.3 Å². The van der Waals surface area contributed by atoms with Gasteiger partial charge in [0.1, 0.15) is 0 Å². The fraction of sp³-hybridized carbons (Fsp3) is 0.500. The Kier molecular flexibility index (Phi) is 6.60. The van der Waals surface area contributed by atoms with Crippen molar-refractivity contribution in [2.24, 2.45) is 0 Å². The minimum Gasteiger partial charge on any atom is -0.383 e. The summed E-state index contributed by atoms with van der Waals surface area (Å²) in [6.07, 6.45) is -4.35. The van der Waals surface area contributed by atoms with Gasteiger partial charge in [-0.2, -0.15) is 13.2 Å². The van der Waals surface area contributed by atoms with Gasteiger partial charge in [-0.05, 0) is 18.2 Å². The van der Waals surface area contributed by atoms with Crippen molar-refractivity contribution in [3.05, 3.63) is 28.2 Å². The third-order valence-corrected chi connectivity index (χ3v) is 2.88. The zero-order valence-electron chi connectivity index (χ0n) is 10.5. The molecular formula is C12H16BrF3N2O. The van der Waals surface area contributed by atoms with Crippen LogP contribution in [0.1, 0.15) is 5.56 Å². The lowest BCUT2D eigenvalue weighted by Crippen LogP contribution is -2.26. The van der Waals surface area contributed by atoms with Crippen LogP contribution in [0, 0.1) is 0 Å². The molecule has 1 rings (SSSR count). The molecule has 108 valence electrons. The van der Waals surface area contributed by atoms with Crippen molar-refractivity contribution in [2.75, 3.05) is 38.7 Å². The Labute approximate surface area is 118 Å². The first-order chi connectivity index (χ1) is 8.95. The number of halogens is 4. The molecule has 0 saturated heterocycles. The maximum absolute atomic E-state index is 12.8. The van der Waals surface area contributed by atoms with Crippen molar-refractivity contribution in [3.63, 3.8) is 0 Å². The molecule has 0 atom stereocenters. The molecule has 0 bridgehead atoms. The highest BCUT2D eigenvalue weighted by molar-refractivity contribution is 9.10. The number of benzene rings is 1. The van der Waals surface area contributed by atoms with Gasteiger partial charge in [0.2, 0.25) is 0 Å². The number of hydrogen-bond acceptors (Lipinski definition) is 3. The van der Waals surface area contributed by atoms with Crippen molar-refractivity contribution < 1.29 is 17.9 Å². The summed E-state index contributed by atoms with van der Waals surface area (Å²) in [7, 11) is 1.59. The normalized spacial score (nSPS) is 11.6. The fourth-order valence-electron chi connectivity index (χ4n) is 1.49. The van der Waals surface area contributed by atoms with Gasteiger partial charge in [0.05, 0.1) is 12.2 Å². The van der Waals surface area contributed by atoms with E-state index < -0.39 is 11.7 Å². The average molecular weight is 341 g/mol. The molecule has 7 heteroatoms. The predicted octanol–water partition coefficient (Wildman–Crippen LogP) is 3.12. The van der Waals surface area contributed by atoms with Crippen LogP contribution in [-0.4, -0.2) is 33.4 Å². The molecule has 0 heterocycles. The molecule has 0 amide bonds. The van der Waals surface area contributed by atoms with Crippen LogP contribution in [0.3, 0.4) is 0 Å². The summed E-state index contributed by atoms with van der Waals surface area (Å²) in [5.74, 6) is 0. The van der Waals surface area contributed by atoms with Crippen LogP contribution in [0.2, 0.25) is 0 Å². The predicted molar refractivity (Wildman–Crippen MR) is 72.4 cm³/mol. The van der Waals surface area contributed by atoms with E-state index in [1.54, 1.807) is 7.11 Å². The van der Waals surface area contributed by atoms with Crippen molar-refractivity contribution in [3.8, 4) is 0 Å². The highest BCUT2D eigenvalue weighted by Crippen LogP contribution is 2.36. The largest absolute Gasteiger partial charge is 0.418 e. The van der Waals surface area contributed by atoms with Crippen LogP contribution in [0.5, 0.6) is 0 Å². The zero-order valence-corrected chi connectivity index (χ0v) is 12.1. The third-order valence-electron chi connectivity index (χ3n) is 2.39. The molecule has 19 heavy (non-hydrogen) atoms. The second-order valence-corrected chi connectivity index (χ2v) is 4.77. The lowest BCUT2D eigenvalue weighted by Gasteiger charge is -2.15. The molecule has 0 aliphatic rings. The van der Waals surface area contributed by atoms with Crippen molar-refractivity contribution in [2.45, 2.75) is 6.18 Å².